The lowest BCUT2D eigenvalue weighted by molar-refractivity contribution is -0.384. The zero-order chi connectivity index (χ0) is 21.0. The Hall–Kier alpha value is -3.27. The summed E-state index contributed by atoms with van der Waals surface area (Å²) in [7, 11) is 1.45. The Morgan fingerprint density at radius 3 is 2.55 bits per heavy atom. The van der Waals surface area contributed by atoms with Gasteiger partial charge in [0, 0.05) is 31.7 Å². The number of thiocarbonyl (C=S) groups is 1. The van der Waals surface area contributed by atoms with Gasteiger partial charge in [-0.3, -0.25) is 20.2 Å². The SMILES string of the molecule is COc1ccc(N2CCN(C(=S)NC(=O)c3cccc(F)c3)CC2)c([N+](=O)[O-])c1. The molecular formula is C19H19FN4O4S. The molecule has 1 aliphatic rings. The maximum atomic E-state index is 13.3. The molecule has 0 unspecified atom stereocenters. The number of nitrogens with zero attached hydrogens (tertiary/aromatic N) is 3. The molecule has 0 radical (unpaired) electrons. The first-order valence-corrected chi connectivity index (χ1v) is 9.23. The van der Waals surface area contributed by atoms with Crippen molar-refractivity contribution < 1.29 is 18.8 Å². The van der Waals surface area contributed by atoms with E-state index in [1.165, 1.54) is 31.4 Å². The number of amides is 1. The quantitative estimate of drug-likeness (QED) is 0.464. The van der Waals surface area contributed by atoms with Gasteiger partial charge in [0.05, 0.1) is 18.1 Å². The Kier molecular flexibility index (Phi) is 6.23. The summed E-state index contributed by atoms with van der Waals surface area (Å²) in [6, 6.07) is 10.1. The van der Waals surface area contributed by atoms with Gasteiger partial charge in [-0.25, -0.2) is 4.39 Å². The summed E-state index contributed by atoms with van der Waals surface area (Å²) in [6.45, 7) is 1.93. The molecule has 8 nitrogen and oxygen atoms in total. The Labute approximate surface area is 172 Å². The molecule has 0 bridgehead atoms. The Morgan fingerprint density at radius 2 is 1.93 bits per heavy atom. The fourth-order valence-electron chi connectivity index (χ4n) is 3.07. The smallest absolute Gasteiger partial charge is 0.296 e. The van der Waals surface area contributed by atoms with Crippen molar-refractivity contribution in [1.82, 2.24) is 10.2 Å². The molecule has 2 aromatic carbocycles. The first kappa shape index (κ1) is 20.5. The maximum absolute atomic E-state index is 13.3. The highest BCUT2D eigenvalue weighted by Gasteiger charge is 2.26. The van der Waals surface area contributed by atoms with Crippen LogP contribution in [0.4, 0.5) is 15.8 Å². The molecule has 0 atom stereocenters. The van der Waals surface area contributed by atoms with Gasteiger partial charge < -0.3 is 14.5 Å². The normalized spacial score (nSPS) is 13.7. The van der Waals surface area contributed by atoms with Crippen LogP contribution in [0.15, 0.2) is 42.5 Å². The van der Waals surface area contributed by atoms with Crippen LogP contribution in [0.25, 0.3) is 0 Å². The molecule has 0 aromatic heterocycles. The lowest BCUT2D eigenvalue weighted by Crippen LogP contribution is -2.52. The van der Waals surface area contributed by atoms with E-state index in [0.717, 1.165) is 6.07 Å². The van der Waals surface area contributed by atoms with E-state index in [1.54, 1.807) is 17.0 Å². The summed E-state index contributed by atoms with van der Waals surface area (Å²) < 4.78 is 18.3. The highest BCUT2D eigenvalue weighted by Crippen LogP contribution is 2.32. The number of hydrogen-bond acceptors (Lipinski definition) is 6. The number of hydrogen-bond donors (Lipinski definition) is 1. The summed E-state index contributed by atoms with van der Waals surface area (Å²) >= 11 is 5.30. The summed E-state index contributed by atoms with van der Waals surface area (Å²) in [5, 5.41) is 14.2. The van der Waals surface area contributed by atoms with E-state index in [4.69, 9.17) is 17.0 Å². The highest BCUT2D eigenvalue weighted by molar-refractivity contribution is 7.80. The monoisotopic (exact) mass is 418 g/mol. The number of nitro groups is 1. The van der Waals surface area contributed by atoms with Crippen LogP contribution >= 0.6 is 12.2 Å². The van der Waals surface area contributed by atoms with Gasteiger partial charge in [-0.15, -0.1) is 0 Å². The lowest BCUT2D eigenvalue weighted by atomic mass is 10.2. The highest BCUT2D eigenvalue weighted by atomic mass is 32.1. The van der Waals surface area contributed by atoms with Crippen LogP contribution in [0.1, 0.15) is 10.4 Å². The molecule has 1 saturated heterocycles. The van der Waals surface area contributed by atoms with Gasteiger partial charge in [0.25, 0.3) is 11.6 Å². The predicted octanol–water partition coefficient (Wildman–Crippen LogP) is 2.58. The molecule has 1 heterocycles. The van der Waals surface area contributed by atoms with Crippen LogP contribution in [0.5, 0.6) is 5.75 Å². The van der Waals surface area contributed by atoms with Gasteiger partial charge in [0.2, 0.25) is 0 Å². The van der Waals surface area contributed by atoms with E-state index < -0.39 is 16.6 Å². The number of carbonyl (C=O) groups is 1. The molecule has 29 heavy (non-hydrogen) atoms. The number of anilines is 1. The average molecular weight is 418 g/mol. The van der Waals surface area contributed by atoms with E-state index in [-0.39, 0.29) is 16.4 Å². The van der Waals surface area contributed by atoms with Gasteiger partial charge in [-0.2, -0.15) is 0 Å². The van der Waals surface area contributed by atoms with Gasteiger partial charge in [-0.1, -0.05) is 6.07 Å². The largest absolute Gasteiger partial charge is 0.496 e. The number of methoxy groups -OCH3 is 1. The minimum atomic E-state index is -0.502. The van der Waals surface area contributed by atoms with E-state index in [0.29, 0.717) is 37.6 Å². The molecule has 3 rings (SSSR count). The van der Waals surface area contributed by atoms with Crippen LogP contribution in [0, 0.1) is 15.9 Å². The molecule has 1 amide bonds. The summed E-state index contributed by atoms with van der Waals surface area (Å²) in [5.74, 6) is -0.568. The summed E-state index contributed by atoms with van der Waals surface area (Å²) in [4.78, 5) is 26.9. The number of rotatable bonds is 4. The fourth-order valence-corrected chi connectivity index (χ4v) is 3.35. The molecule has 152 valence electrons. The molecule has 0 saturated carbocycles. The molecule has 1 aliphatic heterocycles. The van der Waals surface area contributed by atoms with Crippen LogP contribution in [0.2, 0.25) is 0 Å². The van der Waals surface area contributed by atoms with Crippen molar-refractivity contribution in [2.75, 3.05) is 38.2 Å². The lowest BCUT2D eigenvalue weighted by Gasteiger charge is -2.37. The Morgan fingerprint density at radius 1 is 1.21 bits per heavy atom. The number of nitrogens with one attached hydrogen (secondary N) is 1. The third kappa shape index (κ3) is 4.77. The van der Waals surface area contributed by atoms with Crippen molar-refractivity contribution in [3.8, 4) is 5.75 Å². The second kappa shape index (κ2) is 8.82. The molecular weight excluding hydrogens is 399 g/mol. The van der Waals surface area contributed by atoms with Crippen molar-refractivity contribution >= 4 is 34.6 Å². The Balaban J connectivity index is 1.62. The van der Waals surface area contributed by atoms with E-state index in [9.17, 15) is 19.3 Å². The number of piperazine rings is 1. The third-order valence-corrected chi connectivity index (χ3v) is 4.95. The van der Waals surface area contributed by atoms with Gasteiger partial charge in [0.15, 0.2) is 5.11 Å². The molecule has 0 aliphatic carbocycles. The zero-order valence-corrected chi connectivity index (χ0v) is 16.4. The van der Waals surface area contributed by atoms with Crippen LogP contribution in [-0.4, -0.2) is 54.1 Å². The van der Waals surface area contributed by atoms with Crippen molar-refractivity contribution in [3.63, 3.8) is 0 Å². The van der Waals surface area contributed by atoms with E-state index >= 15 is 0 Å². The van der Waals surface area contributed by atoms with Crippen LogP contribution < -0.4 is 15.0 Å². The number of benzene rings is 2. The van der Waals surface area contributed by atoms with Gasteiger partial charge in [0.1, 0.15) is 17.3 Å². The maximum Gasteiger partial charge on any atom is 0.296 e. The topological polar surface area (TPSA) is 88.0 Å². The first-order valence-electron chi connectivity index (χ1n) is 8.82. The number of nitro benzene ring substituents is 1. The fraction of sp³-hybridized carbons (Fsp3) is 0.263. The number of carbonyl (C=O) groups excluding carboxylic acids is 1. The minimum Gasteiger partial charge on any atom is -0.496 e. The molecule has 1 fully saturated rings. The second-order valence-electron chi connectivity index (χ2n) is 6.36. The van der Waals surface area contributed by atoms with E-state index in [1.807, 2.05) is 4.90 Å². The van der Waals surface area contributed by atoms with Crippen LogP contribution in [-0.2, 0) is 0 Å². The van der Waals surface area contributed by atoms with Crippen LogP contribution in [0.3, 0.4) is 0 Å². The number of halogens is 1. The molecule has 10 heteroatoms. The van der Waals surface area contributed by atoms with Crippen molar-refractivity contribution in [2.24, 2.45) is 0 Å². The van der Waals surface area contributed by atoms with Gasteiger partial charge >= 0.3 is 0 Å². The average Bonchev–Trinajstić information content (AvgIpc) is 2.73. The zero-order valence-electron chi connectivity index (χ0n) is 15.6. The Bertz CT molecular complexity index is 948. The minimum absolute atomic E-state index is 0.0280. The van der Waals surface area contributed by atoms with E-state index in [2.05, 4.69) is 5.32 Å². The van der Waals surface area contributed by atoms with Crippen molar-refractivity contribution in [2.45, 2.75) is 0 Å². The van der Waals surface area contributed by atoms with Gasteiger partial charge in [-0.05, 0) is 42.5 Å². The first-order chi connectivity index (χ1) is 13.9. The van der Waals surface area contributed by atoms with Crippen molar-refractivity contribution in [3.05, 3.63) is 64.0 Å². The molecule has 0 spiro atoms. The number of ether oxygens (including phenoxy) is 1. The second-order valence-corrected chi connectivity index (χ2v) is 6.74. The molecule has 2 aromatic rings. The third-order valence-electron chi connectivity index (χ3n) is 4.59. The molecule has 1 N–H and O–H groups in total. The van der Waals surface area contributed by atoms with Crippen molar-refractivity contribution in [1.29, 1.82) is 0 Å². The summed E-state index contributed by atoms with van der Waals surface area (Å²) in [6.07, 6.45) is 0. The standard InChI is InChI=1S/C19H19FN4O4S/c1-28-15-5-6-16(17(12-15)24(26)27)22-7-9-23(10-8-22)19(29)21-18(25)13-3-2-4-14(20)11-13/h2-6,11-12H,7-10H2,1H3,(H,21,25,29). The summed E-state index contributed by atoms with van der Waals surface area (Å²) in [5.41, 5.74) is 0.657. The predicted molar refractivity (Wildman–Crippen MR) is 110 cm³/mol.